The van der Waals surface area contributed by atoms with E-state index in [2.05, 4.69) is 21.3 Å². The molecule has 7 N–H and O–H groups in total. The molecule has 2 aromatic carbocycles. The van der Waals surface area contributed by atoms with E-state index in [0.29, 0.717) is 17.0 Å². The van der Waals surface area contributed by atoms with Crippen LogP contribution in [0.25, 0.3) is 22.3 Å². The van der Waals surface area contributed by atoms with Gasteiger partial charge in [0.25, 0.3) is 5.56 Å². The number of cyclic esters (lactones) is 1. The number of rotatable bonds is 17. The number of pyridine rings is 2. The Kier molecular flexibility index (Phi) is 13.7. The summed E-state index contributed by atoms with van der Waals surface area (Å²) in [4.78, 5) is 120. The van der Waals surface area contributed by atoms with Crippen LogP contribution >= 0.6 is 0 Å². The number of para-hydroxylation sites is 1. The summed E-state index contributed by atoms with van der Waals surface area (Å²) in [6.45, 7) is 3.19. The lowest BCUT2D eigenvalue weighted by Gasteiger charge is -2.35. The van der Waals surface area contributed by atoms with Crippen molar-refractivity contribution in [2.75, 3.05) is 25.5 Å². The van der Waals surface area contributed by atoms with Crippen LogP contribution in [-0.2, 0) is 73.1 Å². The van der Waals surface area contributed by atoms with Gasteiger partial charge in [0.2, 0.25) is 35.1 Å². The van der Waals surface area contributed by atoms with Crippen molar-refractivity contribution in [1.82, 2.24) is 30.4 Å². The zero-order valence-electron chi connectivity index (χ0n) is 35.2. The van der Waals surface area contributed by atoms with E-state index in [-0.39, 0.29) is 49.5 Å². The summed E-state index contributed by atoms with van der Waals surface area (Å²) in [7, 11) is 1.41. The van der Waals surface area contributed by atoms with Gasteiger partial charge in [-0.1, -0.05) is 37.3 Å². The molecule has 0 saturated heterocycles. The number of anilines is 1. The molecule has 4 atom stereocenters. The summed E-state index contributed by atoms with van der Waals surface area (Å²) in [5, 5.41) is 19.5. The number of nitrogens with two attached hydrogens (primary N) is 1. The lowest BCUT2D eigenvalue weighted by atomic mass is 9.85. The first-order valence-electron chi connectivity index (χ1n) is 20.1. The number of ether oxygens (including phenoxy) is 3. The molecule has 21 heteroatoms. The number of amides is 5. The molecule has 4 aromatic rings. The zero-order chi connectivity index (χ0) is 46.5. The summed E-state index contributed by atoms with van der Waals surface area (Å²) >= 11 is 0. The van der Waals surface area contributed by atoms with Gasteiger partial charge < -0.3 is 50.9 Å². The second-order valence-corrected chi connectivity index (χ2v) is 15.4. The van der Waals surface area contributed by atoms with Crippen molar-refractivity contribution in [2.24, 2.45) is 5.73 Å². The Balaban J connectivity index is 1.05. The smallest absolute Gasteiger partial charge is 0.480 e. The number of primary amides is 1. The number of fused-ring (bicyclic) bond motifs is 5. The topological polar surface area (TPSA) is 297 Å². The fourth-order valence-corrected chi connectivity index (χ4v) is 7.31. The number of aliphatic carboxylic acids is 1. The number of benzene rings is 2. The first kappa shape index (κ1) is 45.8. The molecular formula is C43H46N8O13. The predicted octanol–water partition coefficient (Wildman–Crippen LogP) is 0.765. The van der Waals surface area contributed by atoms with Crippen molar-refractivity contribution in [2.45, 2.75) is 77.1 Å². The van der Waals surface area contributed by atoms with Gasteiger partial charge in [-0.25, -0.2) is 14.6 Å². The molecular weight excluding hydrogens is 837 g/mol. The molecule has 6 rings (SSSR count). The fraction of sp³-hybridized carbons (Fsp3) is 0.349. The summed E-state index contributed by atoms with van der Waals surface area (Å²) in [6.07, 6.45) is -1.90. The minimum absolute atomic E-state index is 0.0795. The van der Waals surface area contributed by atoms with E-state index in [1.807, 2.05) is 30.3 Å². The maximum absolute atomic E-state index is 13.8. The third-order valence-corrected chi connectivity index (χ3v) is 10.6. The maximum atomic E-state index is 13.8. The van der Waals surface area contributed by atoms with Crippen molar-refractivity contribution in [1.29, 1.82) is 0 Å². The van der Waals surface area contributed by atoms with Crippen LogP contribution in [0.4, 0.5) is 10.5 Å². The van der Waals surface area contributed by atoms with Crippen LogP contribution in [0.5, 0.6) is 0 Å². The number of carboxylic acids is 1. The molecule has 0 bridgehead atoms. The van der Waals surface area contributed by atoms with Crippen LogP contribution in [0.2, 0.25) is 0 Å². The average Bonchev–Trinajstić information content (AvgIpc) is 3.60. The van der Waals surface area contributed by atoms with Crippen LogP contribution in [0.15, 0.2) is 65.5 Å². The number of likely N-dealkylation sites (N-methyl/N-ethyl adjacent to an activating group) is 1. The van der Waals surface area contributed by atoms with E-state index in [0.717, 1.165) is 16.5 Å². The number of hydrogen-bond donors (Lipinski definition) is 6. The second-order valence-electron chi connectivity index (χ2n) is 15.4. The summed E-state index contributed by atoms with van der Waals surface area (Å²) in [5.41, 5.74) is 6.54. The van der Waals surface area contributed by atoms with Crippen molar-refractivity contribution >= 4 is 64.2 Å². The van der Waals surface area contributed by atoms with Crippen molar-refractivity contribution in [3.05, 3.63) is 93.3 Å². The van der Waals surface area contributed by atoms with Gasteiger partial charge in [-0.15, -0.1) is 0 Å². The summed E-state index contributed by atoms with van der Waals surface area (Å²) < 4.78 is 18.1. The SMILES string of the molecule is CC[C@@]1(OC(=O)OCc2ccc(NC(=O)[C@H](CC(N)=O)NC(=O)[C@H](C)NC(=O)[C@H](C)NC(=O)CN(C)CC(=O)O)cc2)C(=O)OCc2c1cc1n(c2=O)Cc2cc3ccccc3nc2-1. The molecule has 0 unspecified atom stereocenters. The Labute approximate surface area is 364 Å². The number of nitrogens with one attached hydrogen (secondary N) is 4. The van der Waals surface area contributed by atoms with E-state index >= 15 is 0 Å². The molecule has 4 heterocycles. The molecule has 5 amide bonds. The molecule has 2 aliphatic rings. The van der Waals surface area contributed by atoms with Crippen LogP contribution in [0.3, 0.4) is 0 Å². The molecule has 336 valence electrons. The van der Waals surface area contributed by atoms with E-state index in [4.69, 9.17) is 30.0 Å². The van der Waals surface area contributed by atoms with E-state index in [1.165, 1.54) is 50.1 Å². The normalized spacial score (nSPS) is 16.2. The quantitative estimate of drug-likeness (QED) is 0.0703. The van der Waals surface area contributed by atoms with Crippen molar-refractivity contribution < 1.29 is 57.7 Å². The fourth-order valence-electron chi connectivity index (χ4n) is 7.31. The minimum atomic E-state index is -1.99. The van der Waals surface area contributed by atoms with Gasteiger partial charge in [0, 0.05) is 22.2 Å². The molecule has 0 spiro atoms. The Hall–Kier alpha value is -7.68. The molecule has 2 aliphatic heterocycles. The molecule has 0 fully saturated rings. The van der Waals surface area contributed by atoms with Crippen LogP contribution in [0, 0.1) is 0 Å². The number of carboxylic acid groups (broad SMARTS) is 1. The van der Waals surface area contributed by atoms with Gasteiger partial charge in [-0.3, -0.25) is 38.5 Å². The van der Waals surface area contributed by atoms with Gasteiger partial charge in [-0.05, 0) is 63.2 Å². The van der Waals surface area contributed by atoms with Gasteiger partial charge in [0.1, 0.15) is 31.3 Å². The Bertz CT molecular complexity index is 2610. The second kappa shape index (κ2) is 19.2. The summed E-state index contributed by atoms with van der Waals surface area (Å²) in [6, 6.07) is 13.2. The predicted molar refractivity (Wildman–Crippen MR) is 225 cm³/mol. The van der Waals surface area contributed by atoms with Crippen LogP contribution in [0.1, 0.15) is 55.9 Å². The Morgan fingerprint density at radius 1 is 0.938 bits per heavy atom. The lowest BCUT2D eigenvalue weighted by Crippen LogP contribution is -2.55. The maximum Gasteiger partial charge on any atom is 0.510 e. The van der Waals surface area contributed by atoms with E-state index < -0.39 is 89.9 Å². The molecule has 0 saturated carbocycles. The third kappa shape index (κ3) is 10.2. The number of carbonyl (C=O) groups is 8. The molecule has 0 aliphatic carbocycles. The Morgan fingerprint density at radius 3 is 2.31 bits per heavy atom. The van der Waals surface area contributed by atoms with Gasteiger partial charge in [-0.2, -0.15) is 0 Å². The highest BCUT2D eigenvalue weighted by atomic mass is 16.7. The number of aromatic nitrogens is 2. The monoisotopic (exact) mass is 882 g/mol. The largest absolute Gasteiger partial charge is 0.510 e. The lowest BCUT2D eigenvalue weighted by molar-refractivity contribution is -0.175. The van der Waals surface area contributed by atoms with Gasteiger partial charge in [0.05, 0.1) is 48.5 Å². The summed E-state index contributed by atoms with van der Waals surface area (Å²) in [5.74, 6) is -5.99. The number of carbonyl (C=O) groups excluding carboxylic acids is 7. The van der Waals surface area contributed by atoms with Crippen LogP contribution < -0.4 is 32.6 Å². The van der Waals surface area contributed by atoms with Gasteiger partial charge >= 0.3 is 18.1 Å². The van der Waals surface area contributed by atoms with Crippen molar-refractivity contribution in [3.8, 4) is 11.4 Å². The third-order valence-electron chi connectivity index (χ3n) is 10.6. The van der Waals surface area contributed by atoms with E-state index in [9.17, 15) is 43.2 Å². The van der Waals surface area contributed by atoms with Gasteiger partial charge in [0.15, 0.2) is 0 Å². The highest BCUT2D eigenvalue weighted by Gasteiger charge is 2.51. The molecule has 2 aromatic heterocycles. The molecule has 64 heavy (non-hydrogen) atoms. The number of hydrogen-bond acceptors (Lipinski definition) is 14. The van der Waals surface area contributed by atoms with Crippen molar-refractivity contribution in [3.63, 3.8) is 0 Å². The molecule has 21 nitrogen and oxygen atoms in total. The number of nitrogens with zero attached hydrogens (tertiary/aromatic N) is 3. The highest BCUT2D eigenvalue weighted by Crippen LogP contribution is 2.41. The number of esters is 1. The van der Waals surface area contributed by atoms with Crippen LogP contribution in [-0.4, -0.2) is 105 Å². The highest BCUT2D eigenvalue weighted by molar-refractivity contribution is 6.01. The molecule has 0 radical (unpaired) electrons. The standard InChI is InChI=1S/C43H46N8O13/c1-5-43(29-15-32-36-26(14-25-8-6-7-9-30(25)48-36)17-51(32)40(59)28(29)21-62-41(43)60)64-42(61)63-20-24-10-12-27(13-11-24)47-39(58)31(16-33(44)52)49-38(57)23(3)46-37(56)22(2)45-34(53)18-50(4)19-35(54)55/h6-15,22-23,31H,5,16-21H2,1-4H3,(H2,44,52)(H,45,53)(H,46,56)(H,47,58)(H,49,57)(H,54,55)/t22-,23-,31-,43-/m0/s1. The average molecular weight is 883 g/mol. The Morgan fingerprint density at radius 2 is 1.62 bits per heavy atom. The zero-order valence-corrected chi connectivity index (χ0v) is 35.2. The first-order chi connectivity index (χ1) is 30.4. The first-order valence-corrected chi connectivity index (χ1v) is 20.1. The van der Waals surface area contributed by atoms with E-state index in [1.54, 1.807) is 17.6 Å². The minimum Gasteiger partial charge on any atom is -0.480 e.